The van der Waals surface area contributed by atoms with E-state index in [2.05, 4.69) is 15.9 Å². The van der Waals surface area contributed by atoms with Gasteiger partial charge in [-0.3, -0.25) is 0 Å². The van der Waals surface area contributed by atoms with Crippen molar-refractivity contribution in [2.45, 2.75) is 11.9 Å². The first-order valence-corrected chi connectivity index (χ1v) is 7.44. The SMILES string of the molecule is COc1cccc(COc2cccc(Cl)c2CBr)c1F. The second kappa shape index (κ2) is 6.95. The molecule has 5 heteroatoms. The molecule has 0 N–H and O–H groups in total. The Balaban J connectivity index is 2.19. The maximum absolute atomic E-state index is 14.0. The molecule has 20 heavy (non-hydrogen) atoms. The van der Waals surface area contributed by atoms with Crippen molar-refractivity contribution >= 4 is 27.5 Å². The first-order valence-electron chi connectivity index (χ1n) is 5.95. The van der Waals surface area contributed by atoms with Crippen molar-refractivity contribution in [2.24, 2.45) is 0 Å². The molecule has 2 aromatic rings. The second-order valence-corrected chi connectivity index (χ2v) is 5.04. The first kappa shape index (κ1) is 15.1. The molecule has 0 radical (unpaired) electrons. The van der Waals surface area contributed by atoms with Crippen molar-refractivity contribution in [1.82, 2.24) is 0 Å². The zero-order chi connectivity index (χ0) is 14.5. The van der Waals surface area contributed by atoms with Gasteiger partial charge in [0.1, 0.15) is 12.4 Å². The molecule has 0 spiro atoms. The zero-order valence-corrected chi connectivity index (χ0v) is 13.2. The highest BCUT2D eigenvalue weighted by Gasteiger charge is 2.11. The van der Waals surface area contributed by atoms with Crippen LogP contribution in [0.15, 0.2) is 36.4 Å². The highest BCUT2D eigenvalue weighted by Crippen LogP contribution is 2.29. The minimum Gasteiger partial charge on any atom is -0.494 e. The molecule has 0 unspecified atom stereocenters. The third kappa shape index (κ3) is 3.25. The molecule has 0 aromatic heterocycles. The van der Waals surface area contributed by atoms with Crippen LogP contribution in [0.4, 0.5) is 4.39 Å². The second-order valence-electron chi connectivity index (χ2n) is 4.07. The van der Waals surface area contributed by atoms with Crippen molar-refractivity contribution in [1.29, 1.82) is 0 Å². The molecule has 2 aromatic carbocycles. The lowest BCUT2D eigenvalue weighted by Crippen LogP contribution is -2.02. The highest BCUT2D eigenvalue weighted by molar-refractivity contribution is 9.08. The Hall–Kier alpha value is -1.26. The van der Waals surface area contributed by atoms with Crippen LogP contribution in [0.5, 0.6) is 11.5 Å². The summed E-state index contributed by atoms with van der Waals surface area (Å²) >= 11 is 9.45. The number of rotatable bonds is 5. The minimum atomic E-state index is -0.405. The van der Waals surface area contributed by atoms with Crippen molar-refractivity contribution in [2.75, 3.05) is 7.11 Å². The Morgan fingerprint density at radius 3 is 2.55 bits per heavy atom. The molecule has 0 saturated carbocycles. The van der Waals surface area contributed by atoms with E-state index in [-0.39, 0.29) is 12.4 Å². The quantitative estimate of drug-likeness (QED) is 0.702. The summed E-state index contributed by atoms with van der Waals surface area (Å²) in [4.78, 5) is 0. The molecule has 106 valence electrons. The van der Waals surface area contributed by atoms with E-state index in [1.165, 1.54) is 7.11 Å². The van der Waals surface area contributed by atoms with Gasteiger partial charge in [0.2, 0.25) is 0 Å². The molecule has 0 aliphatic rings. The molecular formula is C15H13BrClFO2. The Morgan fingerprint density at radius 2 is 1.85 bits per heavy atom. The van der Waals surface area contributed by atoms with Crippen LogP contribution in [-0.4, -0.2) is 7.11 Å². The molecule has 0 fully saturated rings. The van der Waals surface area contributed by atoms with Crippen LogP contribution in [0.25, 0.3) is 0 Å². The van der Waals surface area contributed by atoms with E-state index in [1.807, 2.05) is 0 Å². The third-order valence-electron chi connectivity index (χ3n) is 2.86. The molecule has 0 bridgehead atoms. The van der Waals surface area contributed by atoms with Gasteiger partial charge >= 0.3 is 0 Å². The summed E-state index contributed by atoms with van der Waals surface area (Å²) in [6, 6.07) is 10.4. The van der Waals surface area contributed by atoms with Gasteiger partial charge in [0.15, 0.2) is 11.6 Å². The van der Waals surface area contributed by atoms with Crippen molar-refractivity contribution in [3.8, 4) is 11.5 Å². The first-order chi connectivity index (χ1) is 9.67. The third-order valence-corrected chi connectivity index (χ3v) is 3.77. The fourth-order valence-corrected chi connectivity index (χ4v) is 2.76. The van der Waals surface area contributed by atoms with Gasteiger partial charge in [0.05, 0.1) is 7.11 Å². The van der Waals surface area contributed by atoms with Gasteiger partial charge in [-0.05, 0) is 18.2 Å². The number of benzene rings is 2. The lowest BCUT2D eigenvalue weighted by atomic mass is 10.2. The molecular weight excluding hydrogens is 347 g/mol. The van der Waals surface area contributed by atoms with Crippen LogP contribution < -0.4 is 9.47 Å². The Labute approximate surface area is 130 Å². The Morgan fingerprint density at radius 1 is 1.15 bits per heavy atom. The van der Waals surface area contributed by atoms with E-state index in [9.17, 15) is 4.39 Å². The molecule has 0 amide bonds. The smallest absolute Gasteiger partial charge is 0.171 e. The standard InChI is InChI=1S/C15H13BrClFO2/c1-19-14-7-2-4-10(15(14)18)9-20-13-6-3-5-12(17)11(13)8-16/h2-7H,8-9H2,1H3. The summed E-state index contributed by atoms with van der Waals surface area (Å²) in [6.45, 7) is 0.114. The monoisotopic (exact) mass is 358 g/mol. The van der Waals surface area contributed by atoms with E-state index in [0.717, 1.165) is 5.56 Å². The molecule has 0 heterocycles. The van der Waals surface area contributed by atoms with Gasteiger partial charge in [-0.1, -0.05) is 45.7 Å². The predicted octanol–water partition coefficient (Wildman–Crippen LogP) is 4.96. The van der Waals surface area contributed by atoms with E-state index < -0.39 is 5.82 Å². The van der Waals surface area contributed by atoms with E-state index in [0.29, 0.717) is 21.7 Å². The van der Waals surface area contributed by atoms with Gasteiger partial charge < -0.3 is 9.47 Å². The summed E-state index contributed by atoms with van der Waals surface area (Å²) in [5.74, 6) is 0.437. The molecule has 0 aliphatic heterocycles. The lowest BCUT2D eigenvalue weighted by molar-refractivity contribution is 0.293. The van der Waals surface area contributed by atoms with Crippen LogP contribution >= 0.6 is 27.5 Å². The van der Waals surface area contributed by atoms with Crippen LogP contribution in [0, 0.1) is 5.82 Å². The summed E-state index contributed by atoms with van der Waals surface area (Å²) in [7, 11) is 1.43. The van der Waals surface area contributed by atoms with Crippen molar-refractivity contribution in [3.05, 3.63) is 58.4 Å². The van der Waals surface area contributed by atoms with Crippen LogP contribution in [0.2, 0.25) is 5.02 Å². The Kier molecular flexibility index (Phi) is 5.26. The topological polar surface area (TPSA) is 18.5 Å². The lowest BCUT2D eigenvalue weighted by Gasteiger charge is -2.12. The van der Waals surface area contributed by atoms with Gasteiger partial charge in [0.25, 0.3) is 0 Å². The number of hydrogen-bond acceptors (Lipinski definition) is 2. The van der Waals surface area contributed by atoms with E-state index in [1.54, 1.807) is 36.4 Å². The molecule has 0 saturated heterocycles. The number of hydrogen-bond donors (Lipinski definition) is 0. The molecule has 2 nitrogen and oxygen atoms in total. The van der Waals surface area contributed by atoms with Gasteiger partial charge in [0, 0.05) is 21.5 Å². The maximum atomic E-state index is 14.0. The fraction of sp³-hybridized carbons (Fsp3) is 0.200. The number of halogens is 3. The Bertz CT molecular complexity index is 604. The van der Waals surface area contributed by atoms with Crippen LogP contribution in [-0.2, 0) is 11.9 Å². The number of alkyl halides is 1. The predicted molar refractivity (Wildman–Crippen MR) is 81.4 cm³/mol. The number of methoxy groups -OCH3 is 1. The van der Waals surface area contributed by atoms with Crippen molar-refractivity contribution < 1.29 is 13.9 Å². The largest absolute Gasteiger partial charge is 0.494 e. The normalized spacial score (nSPS) is 10.4. The average Bonchev–Trinajstić information content (AvgIpc) is 2.46. The number of ether oxygens (including phenoxy) is 2. The van der Waals surface area contributed by atoms with Crippen LogP contribution in [0.3, 0.4) is 0 Å². The van der Waals surface area contributed by atoms with E-state index in [4.69, 9.17) is 21.1 Å². The molecule has 0 atom stereocenters. The van der Waals surface area contributed by atoms with E-state index >= 15 is 0 Å². The average molecular weight is 360 g/mol. The molecule has 2 rings (SSSR count). The van der Waals surface area contributed by atoms with Gasteiger partial charge in [-0.2, -0.15) is 0 Å². The minimum absolute atomic E-state index is 0.114. The fourth-order valence-electron chi connectivity index (χ4n) is 1.78. The summed E-state index contributed by atoms with van der Waals surface area (Å²) in [5.41, 5.74) is 1.28. The van der Waals surface area contributed by atoms with Crippen molar-refractivity contribution in [3.63, 3.8) is 0 Å². The van der Waals surface area contributed by atoms with Gasteiger partial charge in [-0.15, -0.1) is 0 Å². The molecule has 0 aliphatic carbocycles. The summed E-state index contributed by atoms with van der Waals surface area (Å²) in [6.07, 6.45) is 0. The zero-order valence-electron chi connectivity index (χ0n) is 10.8. The van der Waals surface area contributed by atoms with Gasteiger partial charge in [-0.25, -0.2) is 4.39 Å². The summed E-state index contributed by atoms with van der Waals surface area (Å²) in [5, 5.41) is 1.19. The maximum Gasteiger partial charge on any atom is 0.171 e. The highest BCUT2D eigenvalue weighted by atomic mass is 79.9. The van der Waals surface area contributed by atoms with Crippen LogP contribution in [0.1, 0.15) is 11.1 Å². The summed E-state index contributed by atoms with van der Waals surface area (Å²) < 4.78 is 24.6.